The van der Waals surface area contributed by atoms with Gasteiger partial charge >= 0.3 is 0 Å². The first kappa shape index (κ1) is 12.5. The van der Waals surface area contributed by atoms with Crippen molar-refractivity contribution in [1.82, 2.24) is 0 Å². The van der Waals surface area contributed by atoms with E-state index in [0.29, 0.717) is 0 Å². The first-order chi connectivity index (χ1) is 9.33. The molecular weight excluding hydrogens is 302 g/mol. The molecule has 0 amide bonds. The third kappa shape index (κ3) is 2.92. The molecule has 19 heavy (non-hydrogen) atoms. The normalized spacial score (nSPS) is 14.5. The van der Waals surface area contributed by atoms with Crippen molar-refractivity contribution in [3.63, 3.8) is 0 Å². The summed E-state index contributed by atoms with van der Waals surface area (Å²) < 4.78 is 6.91. The zero-order valence-electron chi connectivity index (χ0n) is 10.7. The van der Waals surface area contributed by atoms with Crippen molar-refractivity contribution in [2.75, 3.05) is 18.1 Å². The molecule has 0 radical (unpaired) electrons. The molecule has 1 heterocycles. The van der Waals surface area contributed by atoms with Gasteiger partial charge in [-0.25, -0.2) is 0 Å². The number of rotatable bonds is 2. The zero-order chi connectivity index (χ0) is 13.1. The fraction of sp³-hybridized carbons (Fsp3) is 0.250. The van der Waals surface area contributed by atoms with E-state index in [1.165, 1.54) is 11.3 Å². The minimum atomic E-state index is 0.799. The van der Waals surface area contributed by atoms with Gasteiger partial charge < -0.3 is 9.64 Å². The SMILES string of the molecule is Brc1ccc(CN2CCCOc3ccccc32)cc1. The number of benzene rings is 2. The van der Waals surface area contributed by atoms with Crippen molar-refractivity contribution >= 4 is 21.6 Å². The van der Waals surface area contributed by atoms with Crippen LogP contribution in [0.4, 0.5) is 5.69 Å². The number of nitrogens with zero attached hydrogens (tertiary/aromatic N) is 1. The minimum absolute atomic E-state index is 0.799. The van der Waals surface area contributed by atoms with E-state index in [4.69, 9.17) is 4.74 Å². The Morgan fingerprint density at radius 2 is 1.84 bits per heavy atom. The molecule has 2 aromatic carbocycles. The molecule has 2 aromatic rings. The van der Waals surface area contributed by atoms with Crippen LogP contribution in [0, 0.1) is 0 Å². The Balaban J connectivity index is 1.86. The van der Waals surface area contributed by atoms with E-state index in [1.54, 1.807) is 0 Å². The van der Waals surface area contributed by atoms with Crippen LogP contribution in [0.2, 0.25) is 0 Å². The van der Waals surface area contributed by atoms with Crippen molar-refractivity contribution in [3.8, 4) is 5.75 Å². The molecule has 0 atom stereocenters. The Labute approximate surface area is 122 Å². The van der Waals surface area contributed by atoms with Crippen molar-refractivity contribution < 1.29 is 4.74 Å². The van der Waals surface area contributed by atoms with E-state index < -0.39 is 0 Å². The van der Waals surface area contributed by atoms with Crippen LogP contribution in [0.15, 0.2) is 53.0 Å². The lowest BCUT2D eigenvalue weighted by Gasteiger charge is -2.23. The first-order valence-corrected chi connectivity index (χ1v) is 7.33. The molecule has 0 fully saturated rings. The molecule has 3 heteroatoms. The summed E-state index contributed by atoms with van der Waals surface area (Å²) >= 11 is 3.48. The van der Waals surface area contributed by atoms with E-state index in [0.717, 1.165) is 36.3 Å². The molecule has 98 valence electrons. The first-order valence-electron chi connectivity index (χ1n) is 6.54. The Hall–Kier alpha value is -1.48. The summed E-state index contributed by atoms with van der Waals surface area (Å²) in [5, 5.41) is 0. The number of anilines is 1. The second-order valence-electron chi connectivity index (χ2n) is 4.72. The van der Waals surface area contributed by atoms with Crippen LogP contribution in [-0.2, 0) is 6.54 Å². The summed E-state index contributed by atoms with van der Waals surface area (Å²) in [4.78, 5) is 2.39. The standard InChI is InChI=1S/C16H16BrNO/c17-14-8-6-13(7-9-14)12-18-10-3-11-19-16-5-2-1-4-15(16)18/h1-2,4-9H,3,10-12H2. The fourth-order valence-electron chi connectivity index (χ4n) is 2.37. The highest BCUT2D eigenvalue weighted by Gasteiger charge is 2.15. The quantitative estimate of drug-likeness (QED) is 0.821. The average Bonchev–Trinajstić information content (AvgIpc) is 2.64. The van der Waals surface area contributed by atoms with Crippen LogP contribution in [0.1, 0.15) is 12.0 Å². The molecule has 1 aliphatic rings. The van der Waals surface area contributed by atoms with Gasteiger partial charge in [-0.05, 0) is 36.2 Å². The van der Waals surface area contributed by atoms with Crippen LogP contribution in [0.5, 0.6) is 5.75 Å². The lowest BCUT2D eigenvalue weighted by molar-refractivity contribution is 0.322. The number of hydrogen-bond acceptors (Lipinski definition) is 2. The monoisotopic (exact) mass is 317 g/mol. The van der Waals surface area contributed by atoms with Gasteiger partial charge in [0.15, 0.2) is 0 Å². The Morgan fingerprint density at radius 3 is 2.68 bits per heavy atom. The van der Waals surface area contributed by atoms with Crippen LogP contribution in [-0.4, -0.2) is 13.2 Å². The lowest BCUT2D eigenvalue weighted by Crippen LogP contribution is -2.23. The molecule has 0 aliphatic carbocycles. The second kappa shape index (κ2) is 5.66. The highest BCUT2D eigenvalue weighted by molar-refractivity contribution is 9.10. The summed E-state index contributed by atoms with van der Waals surface area (Å²) in [5.74, 6) is 0.997. The maximum absolute atomic E-state index is 5.79. The van der Waals surface area contributed by atoms with Crippen molar-refractivity contribution in [2.45, 2.75) is 13.0 Å². The summed E-state index contributed by atoms with van der Waals surface area (Å²) in [7, 11) is 0. The molecule has 0 unspecified atom stereocenters. The Bertz CT molecular complexity index is 553. The summed E-state index contributed by atoms with van der Waals surface area (Å²) in [6.07, 6.45) is 1.06. The molecular formula is C16H16BrNO. The molecule has 1 aliphatic heterocycles. The topological polar surface area (TPSA) is 12.5 Å². The zero-order valence-corrected chi connectivity index (χ0v) is 12.3. The minimum Gasteiger partial charge on any atom is -0.491 e. The number of para-hydroxylation sites is 2. The van der Waals surface area contributed by atoms with Gasteiger partial charge in [-0.2, -0.15) is 0 Å². The highest BCUT2D eigenvalue weighted by Crippen LogP contribution is 2.31. The summed E-state index contributed by atoms with van der Waals surface area (Å²) in [5.41, 5.74) is 2.52. The highest BCUT2D eigenvalue weighted by atomic mass is 79.9. The van der Waals surface area contributed by atoms with Crippen molar-refractivity contribution in [3.05, 3.63) is 58.6 Å². The van der Waals surface area contributed by atoms with Gasteiger partial charge in [0.1, 0.15) is 5.75 Å². The van der Waals surface area contributed by atoms with Crippen LogP contribution in [0.25, 0.3) is 0 Å². The van der Waals surface area contributed by atoms with Gasteiger partial charge in [-0.3, -0.25) is 0 Å². The Kier molecular flexibility index (Phi) is 3.74. The van der Waals surface area contributed by atoms with E-state index in [1.807, 2.05) is 6.07 Å². The molecule has 0 spiro atoms. The predicted molar refractivity (Wildman–Crippen MR) is 81.7 cm³/mol. The fourth-order valence-corrected chi connectivity index (χ4v) is 2.64. The van der Waals surface area contributed by atoms with E-state index >= 15 is 0 Å². The number of fused-ring (bicyclic) bond motifs is 1. The summed E-state index contributed by atoms with van der Waals surface area (Å²) in [6, 6.07) is 16.8. The van der Waals surface area contributed by atoms with Gasteiger partial charge in [0.2, 0.25) is 0 Å². The van der Waals surface area contributed by atoms with Gasteiger partial charge in [-0.1, -0.05) is 40.2 Å². The second-order valence-corrected chi connectivity index (χ2v) is 5.63. The third-order valence-electron chi connectivity index (χ3n) is 3.32. The molecule has 0 saturated carbocycles. The molecule has 0 N–H and O–H groups in total. The number of hydrogen-bond donors (Lipinski definition) is 0. The summed E-state index contributed by atoms with van der Waals surface area (Å²) in [6.45, 7) is 2.76. The molecule has 2 nitrogen and oxygen atoms in total. The number of halogens is 1. The van der Waals surface area contributed by atoms with Gasteiger partial charge in [0, 0.05) is 17.6 Å². The number of ether oxygens (including phenoxy) is 1. The van der Waals surface area contributed by atoms with Crippen molar-refractivity contribution in [1.29, 1.82) is 0 Å². The van der Waals surface area contributed by atoms with E-state index in [-0.39, 0.29) is 0 Å². The lowest BCUT2D eigenvalue weighted by atomic mass is 10.2. The predicted octanol–water partition coefficient (Wildman–Crippen LogP) is 4.24. The van der Waals surface area contributed by atoms with Crippen molar-refractivity contribution in [2.24, 2.45) is 0 Å². The third-order valence-corrected chi connectivity index (χ3v) is 3.85. The van der Waals surface area contributed by atoms with Crippen LogP contribution >= 0.6 is 15.9 Å². The molecule has 0 bridgehead atoms. The Morgan fingerprint density at radius 1 is 1.05 bits per heavy atom. The largest absolute Gasteiger partial charge is 0.491 e. The molecule has 0 aromatic heterocycles. The molecule has 3 rings (SSSR count). The van der Waals surface area contributed by atoms with Gasteiger partial charge in [-0.15, -0.1) is 0 Å². The molecule has 0 saturated heterocycles. The van der Waals surface area contributed by atoms with Crippen LogP contribution in [0.3, 0.4) is 0 Å². The van der Waals surface area contributed by atoms with Gasteiger partial charge in [0.05, 0.1) is 12.3 Å². The maximum atomic E-state index is 5.79. The van der Waals surface area contributed by atoms with E-state index in [2.05, 4.69) is 63.3 Å². The van der Waals surface area contributed by atoms with Gasteiger partial charge in [0.25, 0.3) is 0 Å². The smallest absolute Gasteiger partial charge is 0.142 e. The average molecular weight is 318 g/mol. The van der Waals surface area contributed by atoms with Crippen LogP contribution < -0.4 is 9.64 Å². The van der Waals surface area contributed by atoms with E-state index in [9.17, 15) is 0 Å². The maximum Gasteiger partial charge on any atom is 0.142 e.